The third-order valence-electron chi connectivity index (χ3n) is 2.36. The summed E-state index contributed by atoms with van der Waals surface area (Å²) >= 11 is 0. The largest absolute Gasteiger partial charge is 0.104 e. The smallest absolute Gasteiger partial charge is 0.0155 e. The van der Waals surface area contributed by atoms with Gasteiger partial charge in [0.15, 0.2) is 0 Å². The van der Waals surface area contributed by atoms with Crippen molar-refractivity contribution in [1.29, 1.82) is 0 Å². The molecule has 0 spiro atoms. The second-order valence-electron chi connectivity index (χ2n) is 3.72. The lowest BCUT2D eigenvalue weighted by Crippen LogP contribution is -1.91. The van der Waals surface area contributed by atoms with Crippen LogP contribution in [0.1, 0.15) is 43.7 Å². The van der Waals surface area contributed by atoms with Crippen LogP contribution in [0.5, 0.6) is 0 Å². The first-order valence-electron chi connectivity index (χ1n) is 5.26. The minimum absolute atomic E-state index is 0.551. The maximum Gasteiger partial charge on any atom is 0.0155 e. The molecule has 0 aliphatic heterocycles. The molecular weight excluding hydrogens is 168 g/mol. The number of rotatable bonds is 2. The van der Waals surface area contributed by atoms with Crippen molar-refractivity contribution in [3.05, 3.63) is 35.4 Å². The van der Waals surface area contributed by atoms with Crippen molar-refractivity contribution in [2.24, 2.45) is 0 Å². The predicted molar refractivity (Wildman–Crippen MR) is 62.3 cm³/mol. The van der Waals surface area contributed by atoms with Gasteiger partial charge in [0, 0.05) is 12.8 Å². The highest BCUT2D eigenvalue weighted by Crippen LogP contribution is 2.18. The Labute approximate surface area is 87.4 Å². The molecule has 1 unspecified atom stereocenters. The van der Waals surface area contributed by atoms with E-state index in [1.54, 1.807) is 0 Å². The first-order chi connectivity index (χ1) is 6.74. The monoisotopic (exact) mass is 186 g/mol. The lowest BCUT2D eigenvalue weighted by molar-refractivity contribution is 0.795. The average Bonchev–Trinajstić information content (AvgIpc) is 2.19. The van der Waals surface area contributed by atoms with Crippen LogP contribution in [-0.4, -0.2) is 0 Å². The normalized spacial score (nSPS) is 11.6. The molecule has 74 valence electrons. The zero-order chi connectivity index (χ0) is 10.4. The molecule has 0 heteroatoms. The Bertz CT molecular complexity index is 321. The van der Waals surface area contributed by atoms with Gasteiger partial charge in [-0.05, 0) is 18.4 Å². The zero-order valence-corrected chi connectivity index (χ0v) is 9.30. The fourth-order valence-electron chi connectivity index (χ4n) is 1.36. The molecule has 0 saturated heterocycles. The third-order valence-corrected chi connectivity index (χ3v) is 2.36. The second-order valence-corrected chi connectivity index (χ2v) is 3.72. The molecule has 14 heavy (non-hydrogen) atoms. The molecule has 1 aromatic carbocycles. The van der Waals surface area contributed by atoms with Crippen molar-refractivity contribution in [2.75, 3.05) is 0 Å². The van der Waals surface area contributed by atoms with E-state index in [2.05, 4.69) is 56.9 Å². The highest BCUT2D eigenvalue weighted by molar-refractivity contribution is 5.25. The van der Waals surface area contributed by atoms with Gasteiger partial charge in [0.25, 0.3) is 0 Å². The topological polar surface area (TPSA) is 0 Å². The molecule has 1 atom stereocenters. The maximum atomic E-state index is 3.20. The predicted octanol–water partition coefficient (Wildman–Crippen LogP) is 3.90. The van der Waals surface area contributed by atoms with Gasteiger partial charge in [-0.3, -0.25) is 0 Å². The van der Waals surface area contributed by atoms with E-state index in [-0.39, 0.29) is 0 Å². The molecule has 0 nitrogen and oxygen atoms in total. The number of hydrogen-bond acceptors (Lipinski definition) is 0. The molecule has 0 radical (unpaired) electrons. The minimum Gasteiger partial charge on any atom is -0.104 e. The van der Waals surface area contributed by atoms with E-state index in [4.69, 9.17) is 0 Å². The second kappa shape index (κ2) is 5.50. The Balaban J connectivity index is 2.60. The molecule has 1 aromatic rings. The molecule has 0 aromatic heterocycles. The van der Waals surface area contributed by atoms with E-state index in [9.17, 15) is 0 Å². The van der Waals surface area contributed by atoms with Crippen molar-refractivity contribution < 1.29 is 0 Å². The Morgan fingerprint density at radius 1 is 1.14 bits per heavy atom. The fraction of sp³-hybridized carbons (Fsp3) is 0.429. The highest BCUT2D eigenvalue weighted by atomic mass is 14.1. The number of aryl methyl sites for hydroxylation is 1. The molecule has 1 rings (SSSR count). The molecule has 0 aliphatic carbocycles. The summed E-state index contributed by atoms with van der Waals surface area (Å²) in [5.41, 5.74) is 2.71. The van der Waals surface area contributed by atoms with Crippen LogP contribution in [-0.2, 0) is 0 Å². The van der Waals surface area contributed by atoms with E-state index in [1.165, 1.54) is 11.1 Å². The van der Waals surface area contributed by atoms with Crippen molar-refractivity contribution in [3.8, 4) is 11.8 Å². The SMILES string of the molecule is CCC#CCC(C)c1ccc(C)cc1. The zero-order valence-electron chi connectivity index (χ0n) is 9.30. The van der Waals surface area contributed by atoms with Crippen molar-refractivity contribution in [3.63, 3.8) is 0 Å². The summed E-state index contributed by atoms with van der Waals surface area (Å²) in [6.07, 6.45) is 1.93. The van der Waals surface area contributed by atoms with E-state index in [0.717, 1.165) is 12.8 Å². The van der Waals surface area contributed by atoms with Gasteiger partial charge in [0.1, 0.15) is 0 Å². The highest BCUT2D eigenvalue weighted by Gasteiger charge is 2.02. The Hall–Kier alpha value is -1.22. The van der Waals surface area contributed by atoms with Gasteiger partial charge in [-0.2, -0.15) is 0 Å². The van der Waals surface area contributed by atoms with Gasteiger partial charge in [0.05, 0.1) is 0 Å². The summed E-state index contributed by atoms with van der Waals surface area (Å²) in [7, 11) is 0. The van der Waals surface area contributed by atoms with E-state index in [1.807, 2.05) is 0 Å². The van der Waals surface area contributed by atoms with Crippen LogP contribution in [0, 0.1) is 18.8 Å². The number of hydrogen-bond donors (Lipinski definition) is 0. The average molecular weight is 186 g/mol. The van der Waals surface area contributed by atoms with Gasteiger partial charge >= 0.3 is 0 Å². The van der Waals surface area contributed by atoms with Crippen LogP contribution in [0.3, 0.4) is 0 Å². The third kappa shape index (κ3) is 3.26. The molecule has 0 heterocycles. The van der Waals surface area contributed by atoms with Crippen LogP contribution in [0.2, 0.25) is 0 Å². The summed E-state index contributed by atoms with van der Waals surface area (Å²) in [6.45, 7) is 6.43. The van der Waals surface area contributed by atoms with Gasteiger partial charge < -0.3 is 0 Å². The summed E-state index contributed by atoms with van der Waals surface area (Å²) in [4.78, 5) is 0. The molecule has 0 amide bonds. The van der Waals surface area contributed by atoms with E-state index in [0.29, 0.717) is 5.92 Å². The van der Waals surface area contributed by atoms with E-state index >= 15 is 0 Å². The Morgan fingerprint density at radius 3 is 2.36 bits per heavy atom. The maximum absolute atomic E-state index is 3.20. The standard InChI is InChI=1S/C14H18/c1-4-5-6-7-13(3)14-10-8-12(2)9-11-14/h8-11,13H,4,7H2,1-3H3. The van der Waals surface area contributed by atoms with Gasteiger partial charge in [-0.25, -0.2) is 0 Å². The van der Waals surface area contributed by atoms with Crippen molar-refractivity contribution in [1.82, 2.24) is 0 Å². The first kappa shape index (κ1) is 10.9. The van der Waals surface area contributed by atoms with Crippen LogP contribution < -0.4 is 0 Å². The van der Waals surface area contributed by atoms with Crippen molar-refractivity contribution in [2.45, 2.75) is 39.5 Å². The number of benzene rings is 1. The van der Waals surface area contributed by atoms with Crippen molar-refractivity contribution >= 4 is 0 Å². The Morgan fingerprint density at radius 2 is 1.79 bits per heavy atom. The van der Waals surface area contributed by atoms with Gasteiger partial charge in [-0.1, -0.05) is 43.7 Å². The van der Waals surface area contributed by atoms with Crippen LogP contribution in [0.4, 0.5) is 0 Å². The van der Waals surface area contributed by atoms with Gasteiger partial charge in [0.2, 0.25) is 0 Å². The molecule has 0 saturated carbocycles. The summed E-state index contributed by atoms with van der Waals surface area (Å²) in [6, 6.07) is 8.74. The molecule has 0 aliphatic rings. The van der Waals surface area contributed by atoms with Crippen LogP contribution in [0.15, 0.2) is 24.3 Å². The lowest BCUT2D eigenvalue weighted by Gasteiger charge is -2.07. The lowest BCUT2D eigenvalue weighted by atomic mass is 9.97. The molecular formula is C14H18. The first-order valence-corrected chi connectivity index (χ1v) is 5.26. The Kier molecular flexibility index (Phi) is 4.26. The van der Waals surface area contributed by atoms with Crippen LogP contribution >= 0.6 is 0 Å². The molecule has 0 fully saturated rings. The molecule has 0 N–H and O–H groups in total. The fourth-order valence-corrected chi connectivity index (χ4v) is 1.36. The van der Waals surface area contributed by atoms with Gasteiger partial charge in [-0.15, -0.1) is 11.8 Å². The minimum atomic E-state index is 0.551. The summed E-state index contributed by atoms with van der Waals surface area (Å²) < 4.78 is 0. The quantitative estimate of drug-likeness (QED) is 0.614. The van der Waals surface area contributed by atoms with Crippen LogP contribution in [0.25, 0.3) is 0 Å². The molecule has 0 bridgehead atoms. The summed E-state index contributed by atoms with van der Waals surface area (Å²) in [5.74, 6) is 6.86. The van der Waals surface area contributed by atoms with E-state index < -0.39 is 0 Å². The summed E-state index contributed by atoms with van der Waals surface area (Å²) in [5, 5.41) is 0.